The Balaban J connectivity index is 1.50. The molecule has 0 unspecified atom stereocenters. The molecular formula is C15H14F3N7. The van der Waals surface area contributed by atoms with E-state index >= 15 is 0 Å². The highest BCUT2D eigenvalue weighted by molar-refractivity contribution is 5.65. The molecule has 0 atom stereocenters. The van der Waals surface area contributed by atoms with Crippen LogP contribution in [0.2, 0.25) is 0 Å². The molecule has 0 bridgehead atoms. The van der Waals surface area contributed by atoms with Gasteiger partial charge in [0.15, 0.2) is 5.82 Å². The van der Waals surface area contributed by atoms with Crippen molar-refractivity contribution >= 4 is 17.3 Å². The lowest BCUT2D eigenvalue weighted by Crippen LogP contribution is -2.59. The fourth-order valence-electron chi connectivity index (χ4n) is 2.81. The van der Waals surface area contributed by atoms with Crippen LogP contribution < -0.4 is 9.80 Å². The van der Waals surface area contributed by atoms with Gasteiger partial charge in [-0.2, -0.15) is 13.2 Å². The molecule has 1 aliphatic rings. The summed E-state index contributed by atoms with van der Waals surface area (Å²) in [5, 5.41) is 7.90. The summed E-state index contributed by atoms with van der Waals surface area (Å²) in [6.45, 7) is 1.24. The fourth-order valence-corrected chi connectivity index (χ4v) is 2.81. The van der Waals surface area contributed by atoms with Gasteiger partial charge in [0.05, 0.1) is 6.04 Å². The first-order valence-electron chi connectivity index (χ1n) is 7.60. The molecule has 0 aliphatic carbocycles. The molecule has 0 radical (unpaired) electrons. The molecule has 3 aromatic heterocycles. The van der Waals surface area contributed by atoms with Gasteiger partial charge in [-0.05, 0) is 12.1 Å². The zero-order valence-corrected chi connectivity index (χ0v) is 13.2. The Hall–Kier alpha value is -2.91. The van der Waals surface area contributed by atoms with Crippen molar-refractivity contribution in [2.45, 2.75) is 12.2 Å². The molecule has 0 amide bonds. The maximum Gasteiger partial charge on any atom is 0.433 e. The van der Waals surface area contributed by atoms with E-state index in [-0.39, 0.29) is 6.04 Å². The van der Waals surface area contributed by atoms with Crippen molar-refractivity contribution in [3.63, 3.8) is 0 Å². The Morgan fingerprint density at radius 2 is 2.04 bits per heavy atom. The number of alkyl halides is 3. The van der Waals surface area contributed by atoms with Gasteiger partial charge in [0.25, 0.3) is 0 Å². The van der Waals surface area contributed by atoms with Crippen LogP contribution in [0, 0.1) is 0 Å². The SMILES string of the molecule is CN(c1cccc(C(F)(F)F)n1)C1CN(c2nccn3cnnc23)C1. The molecule has 25 heavy (non-hydrogen) atoms. The lowest BCUT2D eigenvalue weighted by Gasteiger charge is -2.45. The van der Waals surface area contributed by atoms with E-state index < -0.39 is 11.9 Å². The van der Waals surface area contributed by atoms with E-state index in [0.29, 0.717) is 30.4 Å². The van der Waals surface area contributed by atoms with Gasteiger partial charge >= 0.3 is 6.18 Å². The van der Waals surface area contributed by atoms with Crippen molar-refractivity contribution in [2.24, 2.45) is 0 Å². The van der Waals surface area contributed by atoms with Crippen LogP contribution in [0.4, 0.5) is 24.8 Å². The van der Waals surface area contributed by atoms with Crippen molar-refractivity contribution < 1.29 is 13.2 Å². The Kier molecular flexibility index (Phi) is 3.48. The van der Waals surface area contributed by atoms with Crippen LogP contribution in [-0.2, 0) is 6.18 Å². The van der Waals surface area contributed by atoms with Crippen molar-refractivity contribution in [2.75, 3.05) is 29.9 Å². The summed E-state index contributed by atoms with van der Waals surface area (Å²) < 4.78 is 40.2. The molecule has 4 rings (SSSR count). The zero-order valence-electron chi connectivity index (χ0n) is 13.2. The Bertz CT molecular complexity index is 901. The summed E-state index contributed by atoms with van der Waals surface area (Å²) in [7, 11) is 1.75. The third-order valence-corrected chi connectivity index (χ3v) is 4.29. The maximum absolute atomic E-state index is 12.8. The maximum atomic E-state index is 12.8. The summed E-state index contributed by atoms with van der Waals surface area (Å²) >= 11 is 0. The van der Waals surface area contributed by atoms with Crippen LogP contribution in [0.15, 0.2) is 36.9 Å². The van der Waals surface area contributed by atoms with Gasteiger partial charge in [-0.3, -0.25) is 4.40 Å². The van der Waals surface area contributed by atoms with Gasteiger partial charge in [-0.15, -0.1) is 10.2 Å². The normalized spacial score (nSPS) is 15.4. The van der Waals surface area contributed by atoms with Gasteiger partial charge in [0, 0.05) is 32.5 Å². The highest BCUT2D eigenvalue weighted by atomic mass is 19.4. The molecule has 1 aliphatic heterocycles. The predicted molar refractivity (Wildman–Crippen MR) is 84.4 cm³/mol. The highest BCUT2D eigenvalue weighted by Gasteiger charge is 2.35. The molecule has 1 saturated heterocycles. The molecule has 7 nitrogen and oxygen atoms in total. The minimum Gasteiger partial charge on any atom is -0.353 e. The fraction of sp³-hybridized carbons (Fsp3) is 0.333. The molecule has 0 aromatic carbocycles. The first kappa shape index (κ1) is 15.6. The van der Waals surface area contributed by atoms with Crippen LogP contribution in [-0.4, -0.2) is 50.7 Å². The third kappa shape index (κ3) is 2.73. The second-order valence-electron chi connectivity index (χ2n) is 5.86. The summed E-state index contributed by atoms with van der Waals surface area (Å²) in [5.41, 5.74) is -0.233. The molecular weight excluding hydrogens is 335 g/mol. The smallest absolute Gasteiger partial charge is 0.353 e. The van der Waals surface area contributed by atoms with Gasteiger partial charge in [-0.25, -0.2) is 9.97 Å². The summed E-state index contributed by atoms with van der Waals surface area (Å²) in [4.78, 5) is 11.8. The Morgan fingerprint density at radius 1 is 1.24 bits per heavy atom. The number of halogens is 3. The van der Waals surface area contributed by atoms with E-state index in [1.54, 1.807) is 41.1 Å². The Morgan fingerprint density at radius 3 is 2.80 bits per heavy atom. The van der Waals surface area contributed by atoms with Gasteiger partial charge in [0.1, 0.15) is 17.8 Å². The second-order valence-corrected chi connectivity index (χ2v) is 5.86. The monoisotopic (exact) mass is 349 g/mol. The van der Waals surface area contributed by atoms with Crippen molar-refractivity contribution in [3.05, 3.63) is 42.6 Å². The topological polar surface area (TPSA) is 62.5 Å². The average molecular weight is 349 g/mol. The first-order valence-corrected chi connectivity index (χ1v) is 7.60. The van der Waals surface area contributed by atoms with Crippen molar-refractivity contribution in [1.82, 2.24) is 24.6 Å². The number of fused-ring (bicyclic) bond motifs is 1. The van der Waals surface area contributed by atoms with E-state index in [1.807, 2.05) is 4.90 Å². The molecule has 10 heteroatoms. The summed E-state index contributed by atoms with van der Waals surface area (Å²) in [6.07, 6.45) is 0.568. The molecule has 130 valence electrons. The number of rotatable bonds is 3. The predicted octanol–water partition coefficient (Wildman–Crippen LogP) is 1.86. The largest absolute Gasteiger partial charge is 0.433 e. The van der Waals surface area contributed by atoms with Gasteiger partial charge < -0.3 is 9.80 Å². The van der Waals surface area contributed by atoms with E-state index in [0.717, 1.165) is 6.07 Å². The molecule has 0 spiro atoms. The van der Waals surface area contributed by atoms with E-state index in [4.69, 9.17) is 0 Å². The quantitative estimate of drug-likeness (QED) is 0.719. The van der Waals surface area contributed by atoms with Gasteiger partial charge in [-0.1, -0.05) is 6.07 Å². The van der Waals surface area contributed by atoms with E-state index in [2.05, 4.69) is 20.2 Å². The number of pyridine rings is 1. The van der Waals surface area contributed by atoms with Crippen LogP contribution in [0.3, 0.4) is 0 Å². The second kappa shape index (κ2) is 5.57. The number of hydrogen-bond donors (Lipinski definition) is 0. The number of nitrogens with zero attached hydrogens (tertiary/aromatic N) is 7. The highest BCUT2D eigenvalue weighted by Crippen LogP contribution is 2.30. The van der Waals surface area contributed by atoms with Gasteiger partial charge in [0.2, 0.25) is 5.65 Å². The van der Waals surface area contributed by atoms with E-state index in [1.165, 1.54) is 6.07 Å². The lowest BCUT2D eigenvalue weighted by molar-refractivity contribution is -0.141. The number of aromatic nitrogens is 5. The van der Waals surface area contributed by atoms with Crippen LogP contribution in [0.1, 0.15) is 5.69 Å². The lowest BCUT2D eigenvalue weighted by atomic mass is 10.1. The van der Waals surface area contributed by atoms with Crippen LogP contribution in [0.5, 0.6) is 0 Å². The summed E-state index contributed by atoms with van der Waals surface area (Å²) in [6, 6.07) is 3.97. The van der Waals surface area contributed by atoms with Crippen molar-refractivity contribution in [3.8, 4) is 0 Å². The number of likely N-dealkylation sites (N-methyl/N-ethyl adjacent to an activating group) is 1. The first-order chi connectivity index (χ1) is 11.9. The zero-order chi connectivity index (χ0) is 17.6. The minimum atomic E-state index is -4.45. The van der Waals surface area contributed by atoms with E-state index in [9.17, 15) is 13.2 Å². The molecule has 0 saturated carbocycles. The standard InChI is InChI=1S/C15H14F3N7/c1-23(12-4-2-3-11(21-12)15(16,17)18)10-7-25(8-10)13-14-22-20-9-24(14)6-5-19-13/h2-6,9-10H,7-8H2,1H3. The molecule has 4 heterocycles. The third-order valence-electron chi connectivity index (χ3n) is 4.29. The minimum absolute atomic E-state index is 0.0426. The molecule has 1 fully saturated rings. The summed E-state index contributed by atoms with van der Waals surface area (Å²) in [5.74, 6) is 1.01. The number of anilines is 2. The molecule has 3 aromatic rings. The molecule has 0 N–H and O–H groups in total. The Labute approximate surface area is 140 Å². The number of hydrogen-bond acceptors (Lipinski definition) is 6. The van der Waals surface area contributed by atoms with Crippen molar-refractivity contribution in [1.29, 1.82) is 0 Å². The van der Waals surface area contributed by atoms with Crippen LogP contribution >= 0.6 is 0 Å². The van der Waals surface area contributed by atoms with Crippen LogP contribution in [0.25, 0.3) is 5.65 Å². The average Bonchev–Trinajstić information content (AvgIpc) is 3.02.